The second kappa shape index (κ2) is 7.82. The zero-order chi connectivity index (χ0) is 16.9. The number of methoxy groups -OCH3 is 1. The number of rotatable bonds is 6. The molecule has 2 N–H and O–H groups in total. The second-order valence-electron chi connectivity index (χ2n) is 6.79. The van der Waals surface area contributed by atoms with Gasteiger partial charge in [-0.1, -0.05) is 38.3 Å². The molecule has 0 radical (unpaired) electrons. The van der Waals surface area contributed by atoms with Crippen molar-refractivity contribution in [2.45, 2.75) is 57.4 Å². The van der Waals surface area contributed by atoms with Crippen molar-refractivity contribution in [1.29, 1.82) is 0 Å². The van der Waals surface area contributed by atoms with Gasteiger partial charge in [-0.15, -0.1) is 0 Å². The summed E-state index contributed by atoms with van der Waals surface area (Å²) in [4.78, 5) is 13.1. The third kappa shape index (κ3) is 3.86. The first kappa shape index (κ1) is 17.8. The van der Waals surface area contributed by atoms with Crippen LogP contribution >= 0.6 is 0 Å². The van der Waals surface area contributed by atoms with Gasteiger partial charge in [0.2, 0.25) is 5.91 Å². The maximum Gasteiger partial charge on any atom is 0.230 e. The van der Waals surface area contributed by atoms with Gasteiger partial charge in [-0.2, -0.15) is 0 Å². The molecule has 4 nitrogen and oxygen atoms in total. The van der Waals surface area contributed by atoms with Gasteiger partial charge in [-0.3, -0.25) is 4.79 Å². The minimum Gasteiger partial charge on any atom is -0.497 e. The van der Waals surface area contributed by atoms with Crippen LogP contribution in [0.4, 0.5) is 0 Å². The fourth-order valence-electron chi connectivity index (χ4n) is 3.36. The highest BCUT2D eigenvalue weighted by Crippen LogP contribution is 2.40. The summed E-state index contributed by atoms with van der Waals surface area (Å²) < 4.78 is 5.23. The lowest BCUT2D eigenvalue weighted by Gasteiger charge is -2.38. The van der Waals surface area contributed by atoms with E-state index >= 15 is 0 Å². The molecule has 1 aliphatic rings. The van der Waals surface area contributed by atoms with Crippen LogP contribution in [0.15, 0.2) is 24.3 Å². The fourth-order valence-corrected chi connectivity index (χ4v) is 3.36. The molecule has 1 saturated carbocycles. The molecule has 1 aliphatic carbocycles. The largest absolute Gasteiger partial charge is 0.497 e. The number of carbonyl (C=O) groups excluding carboxylic acids is 1. The van der Waals surface area contributed by atoms with Crippen molar-refractivity contribution in [3.63, 3.8) is 0 Å². The monoisotopic (exact) mass is 319 g/mol. The first-order valence-corrected chi connectivity index (χ1v) is 8.60. The van der Waals surface area contributed by atoms with Gasteiger partial charge in [-0.05, 0) is 43.4 Å². The molecule has 0 aromatic heterocycles. The van der Waals surface area contributed by atoms with Gasteiger partial charge in [0.25, 0.3) is 0 Å². The SMILES string of the molecule is COc1ccc(C2(C(=O)NC(C)C(C)CO)CCCCC2)cc1. The number of hydrogen-bond acceptors (Lipinski definition) is 3. The summed E-state index contributed by atoms with van der Waals surface area (Å²) in [6, 6.07) is 7.86. The highest BCUT2D eigenvalue weighted by atomic mass is 16.5. The number of aliphatic hydroxyl groups excluding tert-OH is 1. The van der Waals surface area contributed by atoms with Gasteiger partial charge < -0.3 is 15.2 Å². The number of benzene rings is 1. The van der Waals surface area contributed by atoms with Crippen molar-refractivity contribution in [3.05, 3.63) is 29.8 Å². The Morgan fingerprint density at radius 2 is 1.83 bits per heavy atom. The van der Waals surface area contributed by atoms with Crippen LogP contribution in [0.1, 0.15) is 51.5 Å². The van der Waals surface area contributed by atoms with Crippen LogP contribution in [-0.2, 0) is 10.2 Å². The van der Waals surface area contributed by atoms with E-state index < -0.39 is 5.41 Å². The number of hydrogen-bond donors (Lipinski definition) is 2. The van der Waals surface area contributed by atoms with Crippen LogP contribution in [0.2, 0.25) is 0 Å². The summed E-state index contributed by atoms with van der Waals surface area (Å²) >= 11 is 0. The van der Waals surface area contributed by atoms with Gasteiger partial charge in [-0.25, -0.2) is 0 Å². The summed E-state index contributed by atoms with van der Waals surface area (Å²) in [6.45, 7) is 3.99. The third-order valence-corrected chi connectivity index (χ3v) is 5.28. The summed E-state index contributed by atoms with van der Waals surface area (Å²) in [5.74, 6) is 0.952. The zero-order valence-corrected chi connectivity index (χ0v) is 14.5. The molecule has 0 saturated heterocycles. The maximum absolute atomic E-state index is 13.1. The van der Waals surface area contributed by atoms with Crippen LogP contribution in [0, 0.1) is 5.92 Å². The Labute approximate surface area is 139 Å². The molecule has 0 heterocycles. The Morgan fingerprint density at radius 3 is 2.35 bits per heavy atom. The number of carbonyl (C=O) groups is 1. The predicted molar refractivity (Wildman–Crippen MR) is 91.6 cm³/mol. The molecule has 0 spiro atoms. The van der Waals surface area contributed by atoms with E-state index in [0.717, 1.165) is 37.0 Å². The van der Waals surface area contributed by atoms with Crippen molar-refractivity contribution in [3.8, 4) is 5.75 Å². The standard InChI is InChI=1S/C19H29NO3/c1-14(13-21)15(2)20-18(22)19(11-5-4-6-12-19)16-7-9-17(23-3)10-8-16/h7-10,14-15,21H,4-6,11-13H2,1-3H3,(H,20,22). The first-order chi connectivity index (χ1) is 11.0. The Morgan fingerprint density at radius 1 is 1.22 bits per heavy atom. The number of nitrogens with one attached hydrogen (secondary N) is 1. The average Bonchev–Trinajstić information content (AvgIpc) is 2.61. The number of ether oxygens (including phenoxy) is 1. The smallest absolute Gasteiger partial charge is 0.230 e. The Hall–Kier alpha value is -1.55. The summed E-state index contributed by atoms with van der Waals surface area (Å²) in [5.41, 5.74) is 0.618. The lowest BCUT2D eigenvalue weighted by Crippen LogP contribution is -2.50. The van der Waals surface area contributed by atoms with Gasteiger partial charge in [0.15, 0.2) is 0 Å². The van der Waals surface area contributed by atoms with Gasteiger partial charge in [0.1, 0.15) is 5.75 Å². The number of aliphatic hydroxyl groups is 1. The van der Waals surface area contributed by atoms with Crippen molar-refractivity contribution in [2.75, 3.05) is 13.7 Å². The number of amides is 1. The molecule has 2 atom stereocenters. The molecule has 0 bridgehead atoms. The van der Waals surface area contributed by atoms with E-state index in [1.165, 1.54) is 6.42 Å². The molecule has 1 aromatic carbocycles. The van der Waals surface area contributed by atoms with E-state index in [0.29, 0.717) is 0 Å². The van der Waals surface area contributed by atoms with Crippen LogP contribution in [0.25, 0.3) is 0 Å². The van der Waals surface area contributed by atoms with Crippen molar-refractivity contribution < 1.29 is 14.6 Å². The molecule has 1 amide bonds. The van der Waals surface area contributed by atoms with Crippen LogP contribution < -0.4 is 10.1 Å². The fraction of sp³-hybridized carbons (Fsp3) is 0.632. The van der Waals surface area contributed by atoms with Gasteiger partial charge in [0.05, 0.1) is 12.5 Å². The van der Waals surface area contributed by atoms with Crippen molar-refractivity contribution in [1.82, 2.24) is 5.32 Å². The lowest BCUT2D eigenvalue weighted by atomic mass is 9.68. The van der Waals surface area contributed by atoms with Crippen molar-refractivity contribution in [2.24, 2.45) is 5.92 Å². The minimum absolute atomic E-state index is 0.0375. The van der Waals surface area contributed by atoms with Gasteiger partial charge >= 0.3 is 0 Å². The Kier molecular flexibility index (Phi) is 6.05. The average molecular weight is 319 g/mol. The van der Waals surface area contributed by atoms with E-state index in [-0.39, 0.29) is 24.5 Å². The molecule has 1 aromatic rings. The molecule has 2 unspecified atom stereocenters. The Bertz CT molecular complexity index is 506. The Balaban J connectivity index is 2.25. The quantitative estimate of drug-likeness (QED) is 0.847. The van der Waals surface area contributed by atoms with Gasteiger partial charge in [0, 0.05) is 12.6 Å². The molecular weight excluding hydrogens is 290 g/mol. The highest BCUT2D eigenvalue weighted by Gasteiger charge is 2.41. The van der Waals surface area contributed by atoms with E-state index in [1.54, 1.807) is 7.11 Å². The highest BCUT2D eigenvalue weighted by molar-refractivity contribution is 5.88. The van der Waals surface area contributed by atoms with E-state index in [2.05, 4.69) is 5.32 Å². The lowest BCUT2D eigenvalue weighted by molar-refractivity contribution is -0.129. The van der Waals surface area contributed by atoms with E-state index in [4.69, 9.17) is 4.74 Å². The predicted octanol–water partition coefficient (Wildman–Crippen LogP) is 3.03. The molecule has 4 heteroatoms. The molecule has 2 rings (SSSR count). The first-order valence-electron chi connectivity index (χ1n) is 8.60. The van der Waals surface area contributed by atoms with Crippen LogP contribution in [0.3, 0.4) is 0 Å². The van der Waals surface area contributed by atoms with E-state index in [1.807, 2.05) is 38.1 Å². The van der Waals surface area contributed by atoms with Crippen LogP contribution in [-0.4, -0.2) is 30.8 Å². The molecule has 0 aliphatic heterocycles. The normalized spacial score (nSPS) is 19.7. The second-order valence-corrected chi connectivity index (χ2v) is 6.79. The summed E-state index contributed by atoms with van der Waals surface area (Å²) in [6.07, 6.45) is 5.09. The third-order valence-electron chi connectivity index (χ3n) is 5.28. The molecular formula is C19H29NO3. The van der Waals surface area contributed by atoms with E-state index in [9.17, 15) is 9.90 Å². The zero-order valence-electron chi connectivity index (χ0n) is 14.5. The maximum atomic E-state index is 13.1. The van der Waals surface area contributed by atoms with Crippen LogP contribution in [0.5, 0.6) is 5.75 Å². The molecule has 23 heavy (non-hydrogen) atoms. The molecule has 128 valence electrons. The molecule has 1 fully saturated rings. The van der Waals surface area contributed by atoms with Crippen molar-refractivity contribution >= 4 is 5.91 Å². The minimum atomic E-state index is -0.450. The summed E-state index contributed by atoms with van der Waals surface area (Å²) in [5, 5.41) is 12.4. The topological polar surface area (TPSA) is 58.6 Å². The summed E-state index contributed by atoms with van der Waals surface area (Å²) in [7, 11) is 1.65.